The maximum Gasteiger partial charge on any atom is 0.300 e. The minimum absolute atomic E-state index is 0.0878. The van der Waals surface area contributed by atoms with Crippen LogP contribution in [-0.4, -0.2) is 36.8 Å². The number of anilines is 1. The summed E-state index contributed by atoms with van der Waals surface area (Å²) < 4.78 is 28.9. The lowest BCUT2D eigenvalue weighted by atomic mass is 9.94. The molecule has 3 heterocycles. The van der Waals surface area contributed by atoms with Crippen LogP contribution in [0.15, 0.2) is 77.5 Å². The van der Waals surface area contributed by atoms with Crippen molar-refractivity contribution in [2.24, 2.45) is 5.14 Å². The van der Waals surface area contributed by atoms with E-state index in [2.05, 4.69) is 4.98 Å². The number of aryl methyl sites for hydroxylation is 1. The number of Topliss-reactive ketones (excluding diaryl/α,β-unsaturated/α-hetero) is 1. The molecule has 10 heteroatoms. The molecule has 0 bridgehead atoms. The monoisotopic (exact) mass is 491 g/mol. The Morgan fingerprint density at radius 2 is 1.89 bits per heavy atom. The third kappa shape index (κ3) is 4.07. The summed E-state index contributed by atoms with van der Waals surface area (Å²) in [5.74, 6) is -1.30. The molecule has 3 aromatic rings. The first-order valence-electron chi connectivity index (χ1n) is 10.9. The molecule has 0 aliphatic carbocycles. The summed E-state index contributed by atoms with van der Waals surface area (Å²) in [6.45, 7) is 0.620. The summed E-state index contributed by atoms with van der Waals surface area (Å²) in [5, 5.41) is 16.5. The Morgan fingerprint density at radius 3 is 2.57 bits per heavy atom. The van der Waals surface area contributed by atoms with Gasteiger partial charge in [0.25, 0.3) is 11.7 Å². The van der Waals surface area contributed by atoms with Gasteiger partial charge in [-0.1, -0.05) is 6.07 Å². The maximum atomic E-state index is 13.2. The fraction of sp³-hybridized carbons (Fsp3) is 0.160. The fourth-order valence-electron chi connectivity index (χ4n) is 4.41. The summed E-state index contributed by atoms with van der Waals surface area (Å²) in [5.41, 5.74) is 1.99. The first-order chi connectivity index (χ1) is 16.8. The molecule has 1 amide bonds. The standard InChI is InChI=1S/C25H21N3O6S/c26-35(32,33)19-8-6-18(7-9-19)28-22(17-3-1-11-27-14-17)21(24(30)25(28)31)23(29)16-5-10-20-15(13-16)4-2-12-34-20/h1,3,5-11,13-14,22,29H,2,4,12H2,(H2,26,32,33)/b23-21-. The van der Waals surface area contributed by atoms with Crippen LogP contribution in [0, 0.1) is 0 Å². The highest BCUT2D eigenvalue weighted by Crippen LogP contribution is 2.42. The molecule has 0 saturated carbocycles. The number of hydrogen-bond acceptors (Lipinski definition) is 7. The highest BCUT2D eigenvalue weighted by Gasteiger charge is 2.47. The van der Waals surface area contributed by atoms with Gasteiger partial charge >= 0.3 is 0 Å². The molecule has 9 nitrogen and oxygen atoms in total. The van der Waals surface area contributed by atoms with Gasteiger partial charge < -0.3 is 9.84 Å². The van der Waals surface area contributed by atoms with Gasteiger partial charge in [-0.25, -0.2) is 13.6 Å². The lowest BCUT2D eigenvalue weighted by molar-refractivity contribution is -0.132. The van der Waals surface area contributed by atoms with E-state index in [0.29, 0.717) is 17.7 Å². The van der Waals surface area contributed by atoms with Crippen molar-refractivity contribution in [2.45, 2.75) is 23.8 Å². The SMILES string of the molecule is NS(=O)(=O)c1ccc(N2C(=O)C(=O)/C(=C(\O)c3ccc4c(c3)CCCO4)C2c2cccnc2)cc1. The molecule has 5 rings (SSSR count). The van der Waals surface area contributed by atoms with Crippen LogP contribution < -0.4 is 14.8 Å². The number of aromatic nitrogens is 1. The number of carbonyl (C=O) groups is 2. The molecule has 1 saturated heterocycles. The molecule has 2 aliphatic rings. The summed E-state index contributed by atoms with van der Waals surface area (Å²) in [6, 6.07) is 12.8. The Morgan fingerprint density at radius 1 is 1.11 bits per heavy atom. The first-order valence-corrected chi connectivity index (χ1v) is 12.4. The zero-order valence-corrected chi connectivity index (χ0v) is 19.2. The molecule has 1 aromatic heterocycles. The van der Waals surface area contributed by atoms with Gasteiger partial charge in [0, 0.05) is 23.6 Å². The number of pyridine rings is 1. The van der Waals surface area contributed by atoms with E-state index in [9.17, 15) is 23.1 Å². The molecule has 178 valence electrons. The largest absolute Gasteiger partial charge is 0.507 e. The van der Waals surface area contributed by atoms with E-state index in [1.165, 1.54) is 35.4 Å². The average Bonchev–Trinajstić information content (AvgIpc) is 3.13. The van der Waals surface area contributed by atoms with E-state index in [4.69, 9.17) is 9.88 Å². The van der Waals surface area contributed by atoms with Crippen LogP contribution >= 0.6 is 0 Å². The minimum atomic E-state index is -3.94. The van der Waals surface area contributed by atoms with Gasteiger partial charge in [-0.3, -0.25) is 19.5 Å². The smallest absolute Gasteiger partial charge is 0.300 e. The number of primary sulfonamides is 1. The predicted molar refractivity (Wildman–Crippen MR) is 127 cm³/mol. The van der Waals surface area contributed by atoms with E-state index in [1.807, 2.05) is 0 Å². The normalized spacial score (nSPS) is 19.3. The summed E-state index contributed by atoms with van der Waals surface area (Å²) in [6.07, 6.45) is 4.68. The number of nitrogens with two attached hydrogens (primary N) is 1. The van der Waals surface area contributed by atoms with Crippen molar-refractivity contribution in [3.05, 3.63) is 89.3 Å². The van der Waals surface area contributed by atoms with Gasteiger partial charge in [-0.15, -0.1) is 0 Å². The maximum absolute atomic E-state index is 13.2. The second kappa shape index (κ2) is 8.64. The minimum Gasteiger partial charge on any atom is -0.507 e. The quantitative estimate of drug-likeness (QED) is 0.325. The number of amides is 1. The highest BCUT2D eigenvalue weighted by atomic mass is 32.2. The first kappa shape index (κ1) is 22.8. The van der Waals surface area contributed by atoms with Crippen molar-refractivity contribution in [1.82, 2.24) is 4.98 Å². The predicted octanol–water partition coefficient (Wildman–Crippen LogP) is 2.68. The van der Waals surface area contributed by atoms with Crippen LogP contribution in [0.25, 0.3) is 5.76 Å². The number of fused-ring (bicyclic) bond motifs is 1. The summed E-state index contributed by atoms with van der Waals surface area (Å²) in [4.78, 5) is 31.6. The second-order valence-electron chi connectivity index (χ2n) is 8.27. The van der Waals surface area contributed by atoms with Crippen LogP contribution in [0.4, 0.5) is 5.69 Å². The van der Waals surface area contributed by atoms with Crippen molar-refractivity contribution in [3.8, 4) is 5.75 Å². The van der Waals surface area contributed by atoms with Gasteiger partial charge in [0.2, 0.25) is 10.0 Å². The highest BCUT2D eigenvalue weighted by molar-refractivity contribution is 7.89. The van der Waals surface area contributed by atoms with Gasteiger partial charge in [0.1, 0.15) is 11.5 Å². The third-order valence-corrected chi connectivity index (χ3v) is 7.00. The lowest BCUT2D eigenvalue weighted by Crippen LogP contribution is -2.29. The van der Waals surface area contributed by atoms with Crippen LogP contribution in [0.2, 0.25) is 0 Å². The Hall–Kier alpha value is -4.02. The van der Waals surface area contributed by atoms with E-state index >= 15 is 0 Å². The number of nitrogens with zero attached hydrogens (tertiary/aromatic N) is 2. The molecule has 1 unspecified atom stereocenters. The molecule has 2 aliphatic heterocycles. The molecule has 0 spiro atoms. The number of carbonyl (C=O) groups excluding carboxylic acids is 2. The second-order valence-corrected chi connectivity index (χ2v) is 9.83. The van der Waals surface area contributed by atoms with Crippen molar-refractivity contribution in [3.63, 3.8) is 0 Å². The van der Waals surface area contributed by atoms with Crippen molar-refractivity contribution >= 4 is 33.2 Å². The average molecular weight is 492 g/mol. The Labute approximate surface area is 201 Å². The molecule has 0 radical (unpaired) electrons. The van der Waals surface area contributed by atoms with Crippen molar-refractivity contribution < 1.29 is 27.9 Å². The van der Waals surface area contributed by atoms with Crippen molar-refractivity contribution in [2.75, 3.05) is 11.5 Å². The zero-order valence-electron chi connectivity index (χ0n) is 18.4. The molecule has 1 atom stereocenters. The molecule has 2 aromatic carbocycles. The van der Waals surface area contributed by atoms with E-state index < -0.39 is 27.8 Å². The molecule has 3 N–H and O–H groups in total. The van der Waals surface area contributed by atoms with Crippen LogP contribution in [0.3, 0.4) is 0 Å². The number of ether oxygens (including phenoxy) is 1. The van der Waals surface area contributed by atoms with E-state index in [1.54, 1.807) is 36.5 Å². The third-order valence-electron chi connectivity index (χ3n) is 6.07. The van der Waals surface area contributed by atoms with Gasteiger partial charge in [0.15, 0.2) is 0 Å². The topological polar surface area (TPSA) is 140 Å². The van der Waals surface area contributed by atoms with Crippen molar-refractivity contribution in [1.29, 1.82) is 0 Å². The number of sulfonamides is 1. The number of hydrogen-bond donors (Lipinski definition) is 2. The Balaban J connectivity index is 1.66. The Kier molecular flexibility index (Phi) is 5.62. The van der Waals surface area contributed by atoms with E-state index in [0.717, 1.165) is 24.2 Å². The molecule has 1 fully saturated rings. The van der Waals surface area contributed by atoms with E-state index in [-0.39, 0.29) is 21.9 Å². The van der Waals surface area contributed by atoms with Crippen LogP contribution in [0.5, 0.6) is 5.75 Å². The molecular formula is C25H21N3O6S. The zero-order chi connectivity index (χ0) is 24.7. The molecular weight excluding hydrogens is 470 g/mol. The van der Waals surface area contributed by atoms with Crippen LogP contribution in [-0.2, 0) is 26.0 Å². The van der Waals surface area contributed by atoms with Gasteiger partial charge in [-0.2, -0.15) is 0 Å². The Bertz CT molecular complexity index is 1470. The summed E-state index contributed by atoms with van der Waals surface area (Å²) in [7, 11) is -3.94. The number of ketones is 1. The van der Waals surface area contributed by atoms with Crippen LogP contribution in [0.1, 0.15) is 29.2 Å². The number of rotatable bonds is 4. The number of aliphatic hydroxyl groups excluding tert-OH is 1. The molecule has 35 heavy (non-hydrogen) atoms. The number of aliphatic hydroxyl groups is 1. The lowest BCUT2D eigenvalue weighted by Gasteiger charge is -2.25. The van der Waals surface area contributed by atoms with Gasteiger partial charge in [-0.05, 0) is 72.5 Å². The summed E-state index contributed by atoms with van der Waals surface area (Å²) >= 11 is 0. The number of benzene rings is 2. The van der Waals surface area contributed by atoms with Gasteiger partial charge in [0.05, 0.1) is 23.1 Å². The fourth-order valence-corrected chi connectivity index (χ4v) is 4.93.